The van der Waals surface area contributed by atoms with E-state index in [9.17, 15) is 4.79 Å². The van der Waals surface area contributed by atoms with Crippen LogP contribution in [0.4, 0.5) is 0 Å². The monoisotopic (exact) mass is 302 g/mol. The number of pyridine rings is 2. The molecule has 4 nitrogen and oxygen atoms in total. The molecule has 23 heavy (non-hydrogen) atoms. The quantitative estimate of drug-likeness (QED) is 0.546. The highest BCUT2D eigenvalue weighted by molar-refractivity contribution is 5.91. The van der Waals surface area contributed by atoms with Crippen molar-refractivity contribution in [3.8, 4) is 12.3 Å². The number of para-hydroxylation sites is 1. The second kappa shape index (κ2) is 6.71. The van der Waals surface area contributed by atoms with Crippen molar-refractivity contribution in [1.82, 2.24) is 9.97 Å². The summed E-state index contributed by atoms with van der Waals surface area (Å²) in [6.45, 7) is 0. The minimum Gasteiger partial charge on any atom is -0.450 e. The number of terminal acetylenes is 1. The predicted octanol–water partition coefficient (Wildman–Crippen LogP) is 3.55. The van der Waals surface area contributed by atoms with E-state index >= 15 is 0 Å². The number of ether oxygens (including phenoxy) is 1. The van der Waals surface area contributed by atoms with Crippen LogP contribution in [0.25, 0.3) is 10.9 Å². The first-order valence-electron chi connectivity index (χ1n) is 7.19. The van der Waals surface area contributed by atoms with E-state index in [-0.39, 0.29) is 12.1 Å². The third-order valence-corrected chi connectivity index (χ3v) is 3.38. The van der Waals surface area contributed by atoms with Crippen LogP contribution in [-0.4, -0.2) is 15.9 Å². The zero-order chi connectivity index (χ0) is 16.1. The maximum absolute atomic E-state index is 12.4. The summed E-state index contributed by atoms with van der Waals surface area (Å²) in [5.41, 5.74) is 1.62. The van der Waals surface area contributed by atoms with Crippen LogP contribution in [0, 0.1) is 12.3 Å². The van der Waals surface area contributed by atoms with Crippen molar-refractivity contribution in [2.24, 2.45) is 0 Å². The molecule has 0 N–H and O–H groups in total. The van der Waals surface area contributed by atoms with Crippen molar-refractivity contribution < 1.29 is 9.53 Å². The number of carbonyl (C=O) groups is 1. The van der Waals surface area contributed by atoms with Gasteiger partial charge in [0.05, 0.1) is 17.6 Å². The van der Waals surface area contributed by atoms with Crippen molar-refractivity contribution in [1.29, 1.82) is 0 Å². The summed E-state index contributed by atoms with van der Waals surface area (Å²) in [6, 6.07) is 16.5. The van der Waals surface area contributed by atoms with Crippen LogP contribution in [0.3, 0.4) is 0 Å². The number of benzene rings is 1. The summed E-state index contributed by atoms with van der Waals surface area (Å²) in [4.78, 5) is 20.9. The van der Waals surface area contributed by atoms with E-state index in [2.05, 4.69) is 15.9 Å². The Morgan fingerprint density at radius 1 is 1.13 bits per heavy atom. The maximum atomic E-state index is 12.4. The number of hydrogen-bond acceptors (Lipinski definition) is 4. The maximum Gasteiger partial charge on any atom is 0.357 e. The molecule has 2 heterocycles. The Morgan fingerprint density at radius 3 is 2.74 bits per heavy atom. The van der Waals surface area contributed by atoms with Crippen LogP contribution in [0.2, 0.25) is 0 Å². The number of carbonyl (C=O) groups excluding carboxylic acids is 1. The van der Waals surface area contributed by atoms with E-state index in [4.69, 9.17) is 11.2 Å². The zero-order valence-corrected chi connectivity index (χ0v) is 12.3. The number of rotatable bonds is 4. The molecule has 1 atom stereocenters. The van der Waals surface area contributed by atoms with Gasteiger partial charge in [0, 0.05) is 11.6 Å². The number of aromatic nitrogens is 2. The molecule has 4 heteroatoms. The van der Waals surface area contributed by atoms with Crippen LogP contribution in [0.5, 0.6) is 0 Å². The summed E-state index contributed by atoms with van der Waals surface area (Å²) in [6.07, 6.45) is 6.69. The van der Waals surface area contributed by atoms with Gasteiger partial charge in [-0.3, -0.25) is 4.98 Å². The summed E-state index contributed by atoms with van der Waals surface area (Å²) in [5, 5.41) is 0.967. The highest BCUT2D eigenvalue weighted by Crippen LogP contribution is 2.21. The molecule has 3 aromatic rings. The third-order valence-electron chi connectivity index (χ3n) is 3.38. The van der Waals surface area contributed by atoms with Crippen molar-refractivity contribution in [3.05, 3.63) is 72.2 Å². The molecule has 1 aromatic carbocycles. The highest BCUT2D eigenvalue weighted by atomic mass is 16.5. The highest BCUT2D eigenvalue weighted by Gasteiger charge is 2.19. The minimum atomic E-state index is -0.582. The molecular weight excluding hydrogens is 288 g/mol. The topological polar surface area (TPSA) is 52.1 Å². The van der Waals surface area contributed by atoms with Gasteiger partial charge < -0.3 is 4.74 Å². The van der Waals surface area contributed by atoms with E-state index in [1.807, 2.05) is 36.4 Å². The van der Waals surface area contributed by atoms with Crippen LogP contribution >= 0.6 is 0 Å². The largest absolute Gasteiger partial charge is 0.450 e. The Morgan fingerprint density at radius 2 is 1.96 bits per heavy atom. The van der Waals surface area contributed by atoms with Gasteiger partial charge in [0.25, 0.3) is 0 Å². The summed E-state index contributed by atoms with van der Waals surface area (Å²) in [5.74, 6) is 2.00. The lowest BCUT2D eigenvalue weighted by Gasteiger charge is -2.15. The van der Waals surface area contributed by atoms with Crippen LogP contribution < -0.4 is 0 Å². The van der Waals surface area contributed by atoms with Gasteiger partial charge >= 0.3 is 5.97 Å². The van der Waals surface area contributed by atoms with Gasteiger partial charge in [0.1, 0.15) is 5.69 Å². The SMILES string of the molecule is C#CCC(OC(=O)c1ccc2ccccc2n1)c1ccccn1. The zero-order valence-electron chi connectivity index (χ0n) is 12.3. The van der Waals surface area contributed by atoms with Crippen LogP contribution in [0.1, 0.15) is 28.7 Å². The number of nitrogens with zero attached hydrogens (tertiary/aromatic N) is 2. The van der Waals surface area contributed by atoms with Crippen molar-refractivity contribution in [2.75, 3.05) is 0 Å². The van der Waals surface area contributed by atoms with Gasteiger partial charge in [0.2, 0.25) is 0 Å². The second-order valence-corrected chi connectivity index (χ2v) is 4.95. The summed E-state index contributed by atoms with van der Waals surface area (Å²) >= 11 is 0. The minimum absolute atomic E-state index is 0.252. The standard InChI is InChI=1S/C19H14N2O2/c1-2-7-18(16-10-5-6-13-20-16)23-19(22)17-12-11-14-8-3-4-9-15(14)21-17/h1,3-6,8-13,18H,7H2. The first-order chi connectivity index (χ1) is 11.3. The van der Waals surface area contributed by atoms with E-state index < -0.39 is 12.1 Å². The Hall–Kier alpha value is -3.19. The average molecular weight is 302 g/mol. The fraction of sp³-hybridized carbons (Fsp3) is 0.105. The Kier molecular flexibility index (Phi) is 4.30. The van der Waals surface area contributed by atoms with Crippen LogP contribution in [-0.2, 0) is 4.74 Å². The van der Waals surface area contributed by atoms with Crippen molar-refractivity contribution >= 4 is 16.9 Å². The Labute approximate surface area is 134 Å². The summed E-state index contributed by atoms with van der Waals surface area (Å²) in [7, 11) is 0. The van der Waals surface area contributed by atoms with Crippen LogP contribution in [0.15, 0.2) is 60.8 Å². The molecule has 0 amide bonds. The van der Waals surface area contributed by atoms with E-state index in [1.165, 1.54) is 0 Å². The molecule has 0 fully saturated rings. The predicted molar refractivity (Wildman–Crippen MR) is 87.6 cm³/mol. The lowest BCUT2D eigenvalue weighted by Crippen LogP contribution is -2.13. The van der Waals surface area contributed by atoms with E-state index in [0.29, 0.717) is 5.69 Å². The van der Waals surface area contributed by atoms with Crippen molar-refractivity contribution in [2.45, 2.75) is 12.5 Å². The molecule has 112 valence electrons. The van der Waals surface area contributed by atoms with E-state index in [1.54, 1.807) is 24.4 Å². The molecule has 0 aliphatic heterocycles. The third kappa shape index (κ3) is 3.35. The summed E-state index contributed by atoms with van der Waals surface area (Å²) < 4.78 is 5.51. The normalized spacial score (nSPS) is 11.6. The molecule has 0 spiro atoms. The van der Waals surface area contributed by atoms with Gasteiger partial charge in [-0.1, -0.05) is 30.3 Å². The fourth-order valence-corrected chi connectivity index (χ4v) is 2.25. The average Bonchev–Trinajstić information content (AvgIpc) is 2.61. The van der Waals surface area contributed by atoms with Gasteiger partial charge in [-0.15, -0.1) is 12.3 Å². The smallest absolute Gasteiger partial charge is 0.357 e. The molecule has 0 aliphatic rings. The second-order valence-electron chi connectivity index (χ2n) is 4.95. The first kappa shape index (κ1) is 14.7. The molecule has 0 radical (unpaired) electrons. The fourth-order valence-electron chi connectivity index (χ4n) is 2.25. The lowest BCUT2D eigenvalue weighted by molar-refractivity contribution is 0.0292. The number of esters is 1. The number of hydrogen-bond donors (Lipinski definition) is 0. The first-order valence-corrected chi connectivity index (χ1v) is 7.19. The molecular formula is C19H14N2O2. The molecule has 0 saturated carbocycles. The molecule has 0 saturated heterocycles. The van der Waals surface area contributed by atoms with Gasteiger partial charge in [-0.25, -0.2) is 9.78 Å². The van der Waals surface area contributed by atoms with Gasteiger partial charge in [-0.05, 0) is 24.3 Å². The van der Waals surface area contributed by atoms with E-state index in [0.717, 1.165) is 10.9 Å². The lowest BCUT2D eigenvalue weighted by atomic mass is 10.1. The van der Waals surface area contributed by atoms with Gasteiger partial charge in [0.15, 0.2) is 6.10 Å². The molecule has 2 aromatic heterocycles. The molecule has 1 unspecified atom stereocenters. The van der Waals surface area contributed by atoms with Gasteiger partial charge in [-0.2, -0.15) is 0 Å². The molecule has 0 aliphatic carbocycles. The molecule has 0 bridgehead atoms. The Bertz CT molecular complexity index is 869. The van der Waals surface area contributed by atoms with Crippen molar-refractivity contribution in [3.63, 3.8) is 0 Å². The molecule has 3 rings (SSSR count). The number of fused-ring (bicyclic) bond motifs is 1. The Balaban J connectivity index is 1.84.